The van der Waals surface area contributed by atoms with Crippen molar-refractivity contribution in [1.82, 2.24) is 0 Å². The highest BCUT2D eigenvalue weighted by molar-refractivity contribution is 5.84. The Morgan fingerprint density at radius 2 is 1.92 bits per heavy atom. The number of carbonyl (C=O) groups is 1. The summed E-state index contributed by atoms with van der Waals surface area (Å²) in [6.45, 7) is 1.14. The maximum Gasteiger partial charge on any atom is 0.440 e. The number of unbranched alkanes of at least 4 members (excludes halogenated alkanes) is 1. The van der Waals surface area contributed by atoms with E-state index in [-0.39, 0.29) is 6.42 Å². The zero-order valence-electron chi connectivity index (χ0n) is 13.1. The van der Waals surface area contributed by atoms with E-state index in [2.05, 4.69) is 10.7 Å². The number of ether oxygens (including phenoxy) is 1. The molecular weight excluding hydrogens is 325 g/mol. The molecule has 0 aliphatic carbocycles. The molecule has 0 aliphatic heterocycles. The Morgan fingerprint density at radius 1 is 1.29 bits per heavy atom. The third-order valence-electron chi connectivity index (χ3n) is 3.11. The van der Waals surface area contributed by atoms with Gasteiger partial charge < -0.3 is 14.9 Å². The zero-order valence-corrected chi connectivity index (χ0v) is 13.1. The molecule has 2 atom stereocenters. The van der Waals surface area contributed by atoms with E-state index in [4.69, 9.17) is 5.11 Å². The molecule has 0 unspecified atom stereocenters. The molecule has 24 heavy (non-hydrogen) atoms. The quantitative estimate of drug-likeness (QED) is 0.473. The second kappa shape index (κ2) is 8.71. The molecule has 0 saturated heterocycles. The van der Waals surface area contributed by atoms with Gasteiger partial charge in [0.1, 0.15) is 6.61 Å². The van der Waals surface area contributed by atoms with Crippen molar-refractivity contribution in [3.63, 3.8) is 0 Å². The summed E-state index contributed by atoms with van der Waals surface area (Å²) in [5, 5.41) is 18.7. The Bertz CT molecular complexity index is 587. The molecule has 0 radical (unpaired) electrons. The lowest BCUT2D eigenvalue weighted by Crippen LogP contribution is -2.51. The van der Waals surface area contributed by atoms with Crippen LogP contribution in [0, 0.1) is 11.8 Å². The fraction of sp³-hybridized carbons (Fsp3) is 0.471. The third-order valence-corrected chi connectivity index (χ3v) is 3.11. The number of hydrogen-bond donors (Lipinski definition) is 2. The van der Waals surface area contributed by atoms with Crippen LogP contribution in [0.15, 0.2) is 30.3 Å². The largest absolute Gasteiger partial charge is 0.458 e. The van der Waals surface area contributed by atoms with E-state index in [1.54, 1.807) is 43.2 Å². The van der Waals surface area contributed by atoms with Gasteiger partial charge in [-0.2, -0.15) is 13.2 Å². The summed E-state index contributed by atoms with van der Waals surface area (Å²) in [5.74, 6) is 1.85. The highest BCUT2D eigenvalue weighted by Gasteiger charge is 2.60. The van der Waals surface area contributed by atoms with Crippen molar-refractivity contribution >= 4 is 5.97 Å². The van der Waals surface area contributed by atoms with Crippen LogP contribution in [0.25, 0.3) is 0 Å². The van der Waals surface area contributed by atoms with Crippen LogP contribution in [0.5, 0.6) is 0 Å². The average molecular weight is 344 g/mol. The maximum atomic E-state index is 13.0. The van der Waals surface area contributed by atoms with Crippen LogP contribution in [0.4, 0.5) is 13.2 Å². The minimum absolute atomic E-state index is 0.00918. The van der Waals surface area contributed by atoms with Gasteiger partial charge in [-0.25, -0.2) is 4.79 Å². The lowest BCUT2D eigenvalue weighted by molar-refractivity contribution is -0.243. The molecule has 0 amide bonds. The summed E-state index contributed by atoms with van der Waals surface area (Å²) >= 11 is 0. The van der Waals surface area contributed by atoms with E-state index in [0.717, 1.165) is 0 Å². The van der Waals surface area contributed by atoms with E-state index in [0.29, 0.717) is 18.4 Å². The first-order valence-electron chi connectivity index (χ1n) is 7.35. The number of alkyl halides is 3. The van der Waals surface area contributed by atoms with Crippen LogP contribution in [-0.4, -0.2) is 34.1 Å². The van der Waals surface area contributed by atoms with E-state index in [1.807, 2.05) is 0 Å². The van der Waals surface area contributed by atoms with Crippen molar-refractivity contribution in [2.24, 2.45) is 0 Å². The maximum absolute atomic E-state index is 13.0. The number of halogens is 3. The normalized spacial score (nSPS) is 14.9. The third kappa shape index (κ3) is 5.87. The van der Waals surface area contributed by atoms with Gasteiger partial charge in [-0.3, -0.25) is 0 Å². The van der Waals surface area contributed by atoms with E-state index in [9.17, 15) is 23.1 Å². The summed E-state index contributed by atoms with van der Waals surface area (Å²) < 4.78 is 43.6. The van der Waals surface area contributed by atoms with Crippen molar-refractivity contribution in [3.05, 3.63) is 35.9 Å². The summed E-state index contributed by atoms with van der Waals surface area (Å²) in [5.41, 5.74) is -3.38. The molecule has 0 aliphatic rings. The molecule has 1 rings (SSSR count). The molecule has 0 saturated carbocycles. The Labute approximate surface area is 138 Å². The van der Waals surface area contributed by atoms with Crippen LogP contribution in [0.2, 0.25) is 0 Å². The summed E-state index contributed by atoms with van der Waals surface area (Å²) in [6.07, 6.45) is -5.16. The fourth-order valence-electron chi connectivity index (χ4n) is 1.74. The molecule has 0 fully saturated rings. The predicted molar refractivity (Wildman–Crippen MR) is 80.6 cm³/mol. The Balaban J connectivity index is 2.76. The van der Waals surface area contributed by atoms with Crippen LogP contribution in [0.3, 0.4) is 0 Å². The van der Waals surface area contributed by atoms with Crippen LogP contribution >= 0.6 is 0 Å². The van der Waals surface area contributed by atoms with Crippen molar-refractivity contribution in [3.8, 4) is 11.8 Å². The van der Waals surface area contributed by atoms with Gasteiger partial charge in [-0.1, -0.05) is 36.3 Å². The van der Waals surface area contributed by atoms with Gasteiger partial charge in [0.05, 0.1) is 6.10 Å². The molecule has 0 spiro atoms. The first-order valence-corrected chi connectivity index (χ1v) is 7.35. The van der Waals surface area contributed by atoms with Gasteiger partial charge in [0.25, 0.3) is 0 Å². The Morgan fingerprint density at radius 3 is 2.46 bits per heavy atom. The number of esters is 1. The van der Waals surface area contributed by atoms with Crippen molar-refractivity contribution in [2.75, 3.05) is 0 Å². The first kappa shape index (κ1) is 20.0. The second-order valence-electron chi connectivity index (χ2n) is 5.31. The van der Waals surface area contributed by atoms with Gasteiger partial charge in [0, 0.05) is 6.42 Å². The number of hydrogen-bond acceptors (Lipinski definition) is 4. The van der Waals surface area contributed by atoms with Gasteiger partial charge >= 0.3 is 17.7 Å². The number of aliphatic hydroxyl groups excluding tert-OH is 1. The Kier molecular flexibility index (Phi) is 7.26. The van der Waals surface area contributed by atoms with Crippen LogP contribution in [-0.2, 0) is 16.1 Å². The van der Waals surface area contributed by atoms with Gasteiger partial charge in [-0.05, 0) is 31.2 Å². The lowest BCUT2D eigenvalue weighted by Gasteiger charge is -2.23. The van der Waals surface area contributed by atoms with Crippen LogP contribution < -0.4 is 0 Å². The standard InChI is InChI=1S/C17H19F3O4/c1-13(21)8-4-3-7-11-16(23,17(18,19)20)15(22)24-12-14-9-5-2-6-10-14/h2,5-6,9-10,13,21,23H,3-4,8,12H2,1H3/t13-,16-/m1/s1. The molecule has 132 valence electrons. The fourth-order valence-corrected chi connectivity index (χ4v) is 1.74. The number of rotatable bonds is 6. The second-order valence-corrected chi connectivity index (χ2v) is 5.31. The van der Waals surface area contributed by atoms with E-state index < -0.39 is 30.5 Å². The Hall–Kier alpha value is -2.04. The molecule has 0 bridgehead atoms. The van der Waals surface area contributed by atoms with E-state index in [1.165, 1.54) is 0 Å². The van der Waals surface area contributed by atoms with Crippen molar-refractivity contribution < 1.29 is 32.9 Å². The van der Waals surface area contributed by atoms with Gasteiger partial charge in [-0.15, -0.1) is 0 Å². The molecule has 0 heterocycles. The molecule has 7 heteroatoms. The van der Waals surface area contributed by atoms with Gasteiger partial charge in [0.15, 0.2) is 0 Å². The van der Waals surface area contributed by atoms with Crippen molar-refractivity contribution in [2.45, 2.75) is 50.7 Å². The topological polar surface area (TPSA) is 66.8 Å². The predicted octanol–water partition coefficient (Wildman–Crippen LogP) is 2.58. The number of aliphatic hydroxyl groups is 2. The molecular formula is C17H19F3O4. The SMILES string of the molecule is C[C@@H](O)CCCC#C[C@@](O)(C(=O)OCc1ccccc1)C(F)(F)F. The summed E-state index contributed by atoms with van der Waals surface area (Å²) in [4.78, 5) is 11.7. The monoisotopic (exact) mass is 344 g/mol. The molecule has 1 aromatic rings. The van der Waals surface area contributed by atoms with Crippen LogP contribution in [0.1, 0.15) is 31.7 Å². The summed E-state index contributed by atoms with van der Waals surface area (Å²) in [7, 11) is 0. The lowest BCUT2D eigenvalue weighted by atomic mass is 10.0. The van der Waals surface area contributed by atoms with Gasteiger partial charge in [0.2, 0.25) is 0 Å². The average Bonchev–Trinajstić information content (AvgIpc) is 2.51. The molecule has 0 aromatic heterocycles. The smallest absolute Gasteiger partial charge is 0.440 e. The highest BCUT2D eigenvalue weighted by atomic mass is 19.4. The molecule has 2 N–H and O–H groups in total. The number of carbonyl (C=O) groups excluding carboxylic acids is 1. The summed E-state index contributed by atoms with van der Waals surface area (Å²) in [6, 6.07) is 8.13. The molecule has 4 nitrogen and oxygen atoms in total. The molecule has 1 aromatic carbocycles. The minimum atomic E-state index is -5.28. The first-order chi connectivity index (χ1) is 11.2. The van der Waals surface area contributed by atoms with E-state index >= 15 is 0 Å². The van der Waals surface area contributed by atoms with Crippen molar-refractivity contribution in [1.29, 1.82) is 0 Å². The number of benzene rings is 1. The zero-order chi connectivity index (χ0) is 18.2. The highest BCUT2D eigenvalue weighted by Crippen LogP contribution is 2.31. The minimum Gasteiger partial charge on any atom is -0.458 e.